The van der Waals surface area contributed by atoms with Crippen LogP contribution in [0, 0.1) is 13.8 Å². The molecule has 0 radical (unpaired) electrons. The first-order valence-corrected chi connectivity index (χ1v) is 8.71. The molecular weight excluding hydrogens is 318 g/mol. The number of likely N-dealkylation sites (N-methyl/N-ethyl adjacent to an activating group) is 1. The van der Waals surface area contributed by atoms with E-state index in [1.54, 1.807) is 7.05 Å². The predicted molar refractivity (Wildman–Crippen MR) is 96.3 cm³/mol. The molecule has 0 bridgehead atoms. The van der Waals surface area contributed by atoms with Crippen LogP contribution in [-0.2, 0) is 9.59 Å². The molecule has 6 nitrogen and oxygen atoms in total. The SMILES string of the molecule is Cc1ccc(C)c(C(=O)N[C@H](C)CNC(=O)C2CCCC(=O)N2C)c1. The molecule has 25 heavy (non-hydrogen) atoms. The van der Waals surface area contributed by atoms with Crippen LogP contribution in [0.15, 0.2) is 18.2 Å². The molecule has 3 amide bonds. The van der Waals surface area contributed by atoms with E-state index in [9.17, 15) is 14.4 Å². The molecule has 1 unspecified atom stereocenters. The molecule has 2 N–H and O–H groups in total. The summed E-state index contributed by atoms with van der Waals surface area (Å²) < 4.78 is 0. The predicted octanol–water partition coefficient (Wildman–Crippen LogP) is 1.55. The Hall–Kier alpha value is -2.37. The van der Waals surface area contributed by atoms with Crippen molar-refractivity contribution in [3.05, 3.63) is 34.9 Å². The number of benzene rings is 1. The zero-order chi connectivity index (χ0) is 18.6. The largest absolute Gasteiger partial charge is 0.352 e. The van der Waals surface area contributed by atoms with Gasteiger partial charge in [-0.15, -0.1) is 0 Å². The summed E-state index contributed by atoms with van der Waals surface area (Å²) in [7, 11) is 1.66. The highest BCUT2D eigenvalue weighted by atomic mass is 16.2. The van der Waals surface area contributed by atoms with Gasteiger partial charge in [-0.2, -0.15) is 0 Å². The van der Waals surface area contributed by atoms with Crippen molar-refractivity contribution in [3.8, 4) is 0 Å². The van der Waals surface area contributed by atoms with Crippen LogP contribution in [0.5, 0.6) is 0 Å². The highest BCUT2D eigenvalue weighted by molar-refractivity contribution is 5.96. The number of nitrogens with one attached hydrogen (secondary N) is 2. The van der Waals surface area contributed by atoms with Gasteiger partial charge in [0.25, 0.3) is 5.91 Å². The van der Waals surface area contributed by atoms with Crippen LogP contribution in [-0.4, -0.2) is 48.3 Å². The highest BCUT2D eigenvalue weighted by Crippen LogP contribution is 2.16. The first-order valence-electron chi connectivity index (χ1n) is 8.71. The molecule has 1 aromatic carbocycles. The summed E-state index contributed by atoms with van der Waals surface area (Å²) in [5.41, 5.74) is 2.60. The average molecular weight is 345 g/mol. The third-order valence-electron chi connectivity index (χ3n) is 4.63. The lowest BCUT2D eigenvalue weighted by atomic mass is 10.0. The van der Waals surface area contributed by atoms with Crippen LogP contribution in [0.1, 0.15) is 47.7 Å². The minimum Gasteiger partial charge on any atom is -0.352 e. The number of rotatable bonds is 5. The smallest absolute Gasteiger partial charge is 0.251 e. The van der Waals surface area contributed by atoms with E-state index in [0.29, 0.717) is 24.9 Å². The van der Waals surface area contributed by atoms with Gasteiger partial charge in [0, 0.05) is 31.6 Å². The molecule has 0 aromatic heterocycles. The maximum absolute atomic E-state index is 12.4. The number of aryl methyl sites for hydroxylation is 2. The fraction of sp³-hybridized carbons (Fsp3) is 0.526. The third kappa shape index (κ3) is 4.81. The second-order valence-corrected chi connectivity index (χ2v) is 6.85. The standard InChI is InChI=1S/C19H27N3O3/c1-12-8-9-13(2)15(10-12)18(24)21-14(3)11-20-19(25)16-6-5-7-17(23)22(16)4/h8-10,14,16H,5-7,11H2,1-4H3,(H,20,25)(H,21,24)/t14-,16?/m1/s1. The Kier molecular flexibility index (Phi) is 6.17. The van der Waals surface area contributed by atoms with E-state index in [0.717, 1.165) is 17.5 Å². The summed E-state index contributed by atoms with van der Waals surface area (Å²) in [6.07, 6.45) is 1.92. The van der Waals surface area contributed by atoms with E-state index in [1.807, 2.05) is 39.0 Å². The van der Waals surface area contributed by atoms with Crippen molar-refractivity contribution in [2.75, 3.05) is 13.6 Å². The minimum absolute atomic E-state index is 0.00248. The van der Waals surface area contributed by atoms with Gasteiger partial charge in [0.2, 0.25) is 11.8 Å². The van der Waals surface area contributed by atoms with Gasteiger partial charge >= 0.3 is 0 Å². The molecule has 0 saturated carbocycles. The number of hydrogen-bond acceptors (Lipinski definition) is 3. The zero-order valence-electron chi connectivity index (χ0n) is 15.4. The van der Waals surface area contributed by atoms with E-state index in [2.05, 4.69) is 10.6 Å². The van der Waals surface area contributed by atoms with Crippen molar-refractivity contribution < 1.29 is 14.4 Å². The number of carbonyl (C=O) groups is 3. The van der Waals surface area contributed by atoms with Gasteiger partial charge in [-0.05, 0) is 45.2 Å². The molecule has 2 atom stereocenters. The zero-order valence-corrected chi connectivity index (χ0v) is 15.4. The molecule has 1 aliphatic heterocycles. The van der Waals surface area contributed by atoms with Crippen molar-refractivity contribution in [1.29, 1.82) is 0 Å². The fourth-order valence-corrected chi connectivity index (χ4v) is 3.00. The maximum atomic E-state index is 12.4. The molecule has 1 heterocycles. The number of piperidine rings is 1. The van der Waals surface area contributed by atoms with Crippen molar-refractivity contribution in [2.24, 2.45) is 0 Å². The Balaban J connectivity index is 1.86. The number of amides is 3. The van der Waals surface area contributed by atoms with Crippen molar-refractivity contribution in [2.45, 2.75) is 52.1 Å². The van der Waals surface area contributed by atoms with Gasteiger partial charge in [-0.3, -0.25) is 14.4 Å². The van der Waals surface area contributed by atoms with Gasteiger partial charge in [0.15, 0.2) is 0 Å². The van der Waals surface area contributed by atoms with Crippen LogP contribution >= 0.6 is 0 Å². The molecular formula is C19H27N3O3. The van der Waals surface area contributed by atoms with E-state index in [1.165, 1.54) is 4.90 Å². The summed E-state index contributed by atoms with van der Waals surface area (Å²) in [5, 5.41) is 5.75. The molecule has 1 fully saturated rings. The van der Waals surface area contributed by atoms with Crippen LogP contribution in [0.2, 0.25) is 0 Å². The number of hydrogen-bond donors (Lipinski definition) is 2. The Morgan fingerprint density at radius 3 is 2.76 bits per heavy atom. The molecule has 1 saturated heterocycles. The molecule has 1 aromatic rings. The van der Waals surface area contributed by atoms with Gasteiger partial charge < -0.3 is 15.5 Å². The normalized spacial score (nSPS) is 18.6. The lowest BCUT2D eigenvalue weighted by molar-refractivity contribution is -0.141. The fourth-order valence-electron chi connectivity index (χ4n) is 3.00. The highest BCUT2D eigenvalue weighted by Gasteiger charge is 2.30. The maximum Gasteiger partial charge on any atom is 0.251 e. The molecule has 136 valence electrons. The van der Waals surface area contributed by atoms with Crippen molar-refractivity contribution in [1.82, 2.24) is 15.5 Å². The first-order chi connectivity index (χ1) is 11.8. The number of carbonyl (C=O) groups excluding carboxylic acids is 3. The molecule has 6 heteroatoms. The van der Waals surface area contributed by atoms with Gasteiger partial charge in [-0.25, -0.2) is 0 Å². The lowest BCUT2D eigenvalue weighted by Crippen LogP contribution is -2.52. The monoisotopic (exact) mass is 345 g/mol. The second kappa shape index (κ2) is 8.14. The van der Waals surface area contributed by atoms with Gasteiger partial charge in [0.1, 0.15) is 6.04 Å². The summed E-state index contributed by atoms with van der Waals surface area (Å²) in [5.74, 6) is -0.307. The average Bonchev–Trinajstić information content (AvgIpc) is 2.57. The van der Waals surface area contributed by atoms with E-state index in [4.69, 9.17) is 0 Å². The number of nitrogens with zero attached hydrogens (tertiary/aromatic N) is 1. The van der Waals surface area contributed by atoms with E-state index < -0.39 is 6.04 Å². The van der Waals surface area contributed by atoms with Gasteiger partial charge in [0.05, 0.1) is 0 Å². The molecule has 1 aliphatic rings. The quantitative estimate of drug-likeness (QED) is 0.850. The Bertz CT molecular complexity index is 672. The first kappa shape index (κ1) is 19.0. The van der Waals surface area contributed by atoms with E-state index >= 15 is 0 Å². The van der Waals surface area contributed by atoms with Crippen LogP contribution in [0.25, 0.3) is 0 Å². The molecule has 0 aliphatic carbocycles. The Morgan fingerprint density at radius 1 is 1.32 bits per heavy atom. The summed E-state index contributed by atoms with van der Waals surface area (Å²) in [6.45, 7) is 6.02. The third-order valence-corrected chi connectivity index (χ3v) is 4.63. The number of likely N-dealkylation sites (tertiary alicyclic amines) is 1. The van der Waals surface area contributed by atoms with Crippen LogP contribution < -0.4 is 10.6 Å². The summed E-state index contributed by atoms with van der Waals surface area (Å²) in [4.78, 5) is 37.9. The van der Waals surface area contributed by atoms with Crippen molar-refractivity contribution in [3.63, 3.8) is 0 Å². The molecule has 0 spiro atoms. The van der Waals surface area contributed by atoms with E-state index in [-0.39, 0.29) is 23.8 Å². The minimum atomic E-state index is -0.414. The molecule has 2 rings (SSSR count). The van der Waals surface area contributed by atoms with Gasteiger partial charge in [-0.1, -0.05) is 17.7 Å². The summed E-state index contributed by atoms with van der Waals surface area (Å²) >= 11 is 0. The Morgan fingerprint density at radius 2 is 2.04 bits per heavy atom. The second-order valence-electron chi connectivity index (χ2n) is 6.85. The van der Waals surface area contributed by atoms with Crippen LogP contribution in [0.4, 0.5) is 0 Å². The van der Waals surface area contributed by atoms with Crippen LogP contribution in [0.3, 0.4) is 0 Å². The Labute approximate surface area is 149 Å². The topological polar surface area (TPSA) is 78.5 Å². The van der Waals surface area contributed by atoms with Crippen molar-refractivity contribution >= 4 is 17.7 Å². The lowest BCUT2D eigenvalue weighted by Gasteiger charge is -2.31. The summed E-state index contributed by atoms with van der Waals surface area (Å²) in [6, 6.07) is 5.13.